The summed E-state index contributed by atoms with van der Waals surface area (Å²) >= 11 is 0. The van der Waals surface area contributed by atoms with Crippen LogP contribution in [-0.4, -0.2) is 53.6 Å². The van der Waals surface area contributed by atoms with Crippen molar-refractivity contribution in [2.75, 3.05) is 37.6 Å². The van der Waals surface area contributed by atoms with Gasteiger partial charge in [0.2, 0.25) is 5.95 Å². The van der Waals surface area contributed by atoms with E-state index in [-0.39, 0.29) is 30.5 Å². The summed E-state index contributed by atoms with van der Waals surface area (Å²) in [5.74, 6) is 6.69. The standard InChI is InChI=1S/C19H19F3N6.HI/c20-19(21,22)16-6-4-15(5-7-16)3-1-8-24-17(23)27-11-13-28(14-12-27)18-25-9-2-10-26-18;/h2,4-7,9-10H,8,11-14H2,(H2,23,24);1H. The van der Waals surface area contributed by atoms with Crippen molar-refractivity contribution >= 4 is 35.9 Å². The maximum atomic E-state index is 12.5. The Balaban J connectivity index is 0.00000300. The highest BCUT2D eigenvalue weighted by Gasteiger charge is 2.29. The molecule has 154 valence electrons. The second-order valence-corrected chi connectivity index (χ2v) is 6.07. The fraction of sp³-hybridized carbons (Fsp3) is 0.316. The zero-order chi connectivity index (χ0) is 20.0. The molecule has 2 aromatic rings. The summed E-state index contributed by atoms with van der Waals surface area (Å²) in [6.07, 6.45) is -0.929. The molecule has 1 aliphatic rings. The van der Waals surface area contributed by atoms with Crippen LogP contribution in [0.4, 0.5) is 19.1 Å². The highest BCUT2D eigenvalue weighted by molar-refractivity contribution is 14.0. The minimum atomic E-state index is -4.35. The highest BCUT2D eigenvalue weighted by Crippen LogP contribution is 2.28. The van der Waals surface area contributed by atoms with E-state index in [4.69, 9.17) is 5.73 Å². The van der Waals surface area contributed by atoms with E-state index in [0.29, 0.717) is 30.6 Å². The molecule has 0 spiro atoms. The van der Waals surface area contributed by atoms with Crippen molar-refractivity contribution in [3.8, 4) is 11.8 Å². The molecule has 0 saturated carbocycles. The molecule has 0 unspecified atom stereocenters. The fourth-order valence-electron chi connectivity index (χ4n) is 2.69. The fourth-order valence-corrected chi connectivity index (χ4v) is 2.69. The highest BCUT2D eigenvalue weighted by atomic mass is 127. The third kappa shape index (κ3) is 6.49. The van der Waals surface area contributed by atoms with Gasteiger partial charge in [0.1, 0.15) is 6.54 Å². The molecular weight excluding hydrogens is 496 g/mol. The minimum Gasteiger partial charge on any atom is -0.370 e. The largest absolute Gasteiger partial charge is 0.416 e. The molecule has 0 bridgehead atoms. The first-order valence-electron chi connectivity index (χ1n) is 8.66. The Labute approximate surface area is 184 Å². The quantitative estimate of drug-likeness (QED) is 0.288. The second-order valence-electron chi connectivity index (χ2n) is 6.07. The van der Waals surface area contributed by atoms with Crippen molar-refractivity contribution < 1.29 is 13.2 Å². The number of rotatable bonds is 2. The average Bonchev–Trinajstić information content (AvgIpc) is 2.71. The number of benzene rings is 1. The van der Waals surface area contributed by atoms with Crippen LogP contribution in [0.5, 0.6) is 0 Å². The summed E-state index contributed by atoms with van der Waals surface area (Å²) in [6.45, 7) is 3.03. The first-order valence-corrected chi connectivity index (χ1v) is 8.66. The molecule has 0 aliphatic carbocycles. The molecule has 0 atom stereocenters. The van der Waals surface area contributed by atoms with Crippen molar-refractivity contribution in [2.24, 2.45) is 10.7 Å². The van der Waals surface area contributed by atoms with Gasteiger partial charge in [0, 0.05) is 44.1 Å². The van der Waals surface area contributed by atoms with Gasteiger partial charge in [0.05, 0.1) is 5.56 Å². The number of aromatic nitrogens is 2. The molecule has 1 fully saturated rings. The van der Waals surface area contributed by atoms with Crippen molar-refractivity contribution in [1.82, 2.24) is 14.9 Å². The Morgan fingerprint density at radius 2 is 1.69 bits per heavy atom. The maximum Gasteiger partial charge on any atom is 0.416 e. The van der Waals surface area contributed by atoms with Crippen LogP contribution in [0.1, 0.15) is 11.1 Å². The number of halogens is 4. The van der Waals surface area contributed by atoms with Gasteiger partial charge < -0.3 is 15.5 Å². The van der Waals surface area contributed by atoms with E-state index in [2.05, 4.69) is 31.7 Å². The lowest BCUT2D eigenvalue weighted by Gasteiger charge is -2.35. The smallest absolute Gasteiger partial charge is 0.370 e. The number of guanidine groups is 1. The van der Waals surface area contributed by atoms with Gasteiger partial charge in [-0.1, -0.05) is 11.8 Å². The van der Waals surface area contributed by atoms with Crippen molar-refractivity contribution in [1.29, 1.82) is 0 Å². The zero-order valence-electron chi connectivity index (χ0n) is 15.4. The first kappa shape index (κ1) is 22.7. The lowest BCUT2D eigenvalue weighted by atomic mass is 10.1. The van der Waals surface area contributed by atoms with Gasteiger partial charge in [-0.25, -0.2) is 15.0 Å². The number of hydrogen-bond donors (Lipinski definition) is 1. The summed E-state index contributed by atoms with van der Waals surface area (Å²) in [5.41, 5.74) is 5.82. The van der Waals surface area contributed by atoms with Gasteiger partial charge >= 0.3 is 6.18 Å². The van der Waals surface area contributed by atoms with Crippen LogP contribution in [-0.2, 0) is 6.18 Å². The minimum absolute atomic E-state index is 0. The number of alkyl halides is 3. The number of piperazine rings is 1. The van der Waals surface area contributed by atoms with Crippen molar-refractivity contribution in [3.63, 3.8) is 0 Å². The zero-order valence-corrected chi connectivity index (χ0v) is 17.8. The number of nitrogens with zero attached hydrogens (tertiary/aromatic N) is 5. The summed E-state index contributed by atoms with van der Waals surface area (Å²) in [6, 6.07) is 6.48. The maximum absolute atomic E-state index is 12.5. The van der Waals surface area contributed by atoms with Crippen LogP contribution in [0.15, 0.2) is 47.7 Å². The van der Waals surface area contributed by atoms with E-state index in [1.807, 2.05) is 4.90 Å². The normalized spacial score (nSPS) is 14.7. The van der Waals surface area contributed by atoms with Crippen LogP contribution in [0.25, 0.3) is 0 Å². The predicted octanol–water partition coefficient (Wildman–Crippen LogP) is 2.60. The molecule has 2 heterocycles. The number of anilines is 1. The number of hydrogen-bond acceptors (Lipinski definition) is 4. The summed E-state index contributed by atoms with van der Waals surface area (Å²) in [7, 11) is 0. The molecule has 29 heavy (non-hydrogen) atoms. The molecule has 0 radical (unpaired) electrons. The van der Waals surface area contributed by atoms with E-state index >= 15 is 0 Å². The van der Waals surface area contributed by atoms with Crippen LogP contribution in [0.3, 0.4) is 0 Å². The lowest BCUT2D eigenvalue weighted by molar-refractivity contribution is -0.137. The monoisotopic (exact) mass is 516 g/mol. The molecule has 1 saturated heterocycles. The molecule has 1 aromatic heterocycles. The lowest BCUT2D eigenvalue weighted by Crippen LogP contribution is -2.51. The average molecular weight is 516 g/mol. The van der Waals surface area contributed by atoms with Crippen LogP contribution >= 0.6 is 24.0 Å². The topological polar surface area (TPSA) is 70.6 Å². The molecule has 1 aromatic carbocycles. The van der Waals surface area contributed by atoms with Gasteiger partial charge in [0.15, 0.2) is 5.96 Å². The Bertz CT molecular complexity index is 867. The van der Waals surface area contributed by atoms with Crippen LogP contribution in [0.2, 0.25) is 0 Å². The van der Waals surface area contributed by atoms with Gasteiger partial charge in [-0.3, -0.25) is 0 Å². The molecular formula is C19H20F3IN6. The van der Waals surface area contributed by atoms with Gasteiger partial charge in [-0.15, -0.1) is 24.0 Å². The van der Waals surface area contributed by atoms with E-state index in [1.165, 1.54) is 12.1 Å². The molecule has 6 nitrogen and oxygen atoms in total. The van der Waals surface area contributed by atoms with Gasteiger partial charge in [-0.2, -0.15) is 13.2 Å². The SMILES string of the molecule is I.NC(=NCC#Cc1ccc(C(F)(F)F)cc1)N1CCN(c2ncccn2)CC1. The summed E-state index contributed by atoms with van der Waals surface area (Å²) in [4.78, 5) is 16.7. The number of aliphatic imine (C=N–C) groups is 1. The third-order valence-electron chi connectivity index (χ3n) is 4.20. The van der Waals surface area contributed by atoms with Crippen LogP contribution < -0.4 is 10.6 Å². The van der Waals surface area contributed by atoms with Gasteiger partial charge in [-0.05, 0) is 30.3 Å². The Kier molecular flexibility index (Phi) is 8.07. The van der Waals surface area contributed by atoms with E-state index < -0.39 is 11.7 Å². The van der Waals surface area contributed by atoms with Crippen LogP contribution in [0, 0.1) is 11.8 Å². The summed E-state index contributed by atoms with van der Waals surface area (Å²) in [5, 5.41) is 0. The van der Waals surface area contributed by atoms with E-state index in [0.717, 1.165) is 25.2 Å². The second kappa shape index (κ2) is 10.3. The van der Waals surface area contributed by atoms with Crippen molar-refractivity contribution in [2.45, 2.75) is 6.18 Å². The van der Waals surface area contributed by atoms with E-state index in [9.17, 15) is 13.2 Å². The third-order valence-corrected chi connectivity index (χ3v) is 4.20. The Hall–Kier alpha value is -2.55. The Morgan fingerprint density at radius 3 is 2.28 bits per heavy atom. The number of nitrogens with two attached hydrogens (primary N) is 1. The van der Waals surface area contributed by atoms with Gasteiger partial charge in [0.25, 0.3) is 0 Å². The molecule has 10 heteroatoms. The Morgan fingerprint density at radius 1 is 1.07 bits per heavy atom. The molecule has 1 aliphatic heterocycles. The molecule has 2 N–H and O–H groups in total. The van der Waals surface area contributed by atoms with Crippen molar-refractivity contribution in [3.05, 3.63) is 53.9 Å². The predicted molar refractivity (Wildman–Crippen MR) is 116 cm³/mol. The summed E-state index contributed by atoms with van der Waals surface area (Å²) < 4.78 is 37.6. The molecule has 3 rings (SSSR count). The van der Waals surface area contributed by atoms with E-state index in [1.54, 1.807) is 18.5 Å². The first-order chi connectivity index (χ1) is 13.4. The molecule has 0 amide bonds.